The Labute approximate surface area is 125 Å². The first-order chi connectivity index (χ1) is 10.6. The quantitative estimate of drug-likeness (QED) is 0.591. The van der Waals surface area contributed by atoms with E-state index in [0.717, 1.165) is 0 Å². The molecule has 0 spiro atoms. The SMILES string of the molecule is CC(OC(=O)c1ccccc1)OC(=O)c1cc2occc2[nH]1. The van der Waals surface area contributed by atoms with Gasteiger partial charge in [-0.05, 0) is 12.1 Å². The fourth-order valence-electron chi connectivity index (χ4n) is 1.99. The molecule has 0 aliphatic rings. The summed E-state index contributed by atoms with van der Waals surface area (Å²) in [6.45, 7) is 1.48. The molecule has 1 atom stereocenters. The van der Waals surface area contributed by atoms with Crippen LogP contribution in [0.1, 0.15) is 27.8 Å². The minimum absolute atomic E-state index is 0.233. The molecule has 3 aromatic rings. The summed E-state index contributed by atoms with van der Waals surface area (Å²) in [4.78, 5) is 26.6. The molecule has 0 bridgehead atoms. The van der Waals surface area contributed by atoms with Crippen molar-refractivity contribution in [2.75, 3.05) is 0 Å². The average Bonchev–Trinajstić information content (AvgIpc) is 3.09. The van der Waals surface area contributed by atoms with E-state index in [1.807, 2.05) is 0 Å². The van der Waals surface area contributed by atoms with Crippen LogP contribution in [0.4, 0.5) is 0 Å². The molecule has 6 heteroatoms. The molecule has 1 aromatic carbocycles. The Morgan fingerprint density at radius 2 is 1.82 bits per heavy atom. The maximum atomic E-state index is 12.0. The molecule has 2 aromatic heterocycles. The molecule has 0 saturated heterocycles. The largest absolute Gasteiger partial charge is 0.463 e. The van der Waals surface area contributed by atoms with Crippen LogP contribution >= 0.6 is 0 Å². The van der Waals surface area contributed by atoms with Crippen molar-refractivity contribution in [3.63, 3.8) is 0 Å². The van der Waals surface area contributed by atoms with Gasteiger partial charge in [-0.1, -0.05) is 18.2 Å². The number of furan rings is 1. The van der Waals surface area contributed by atoms with Gasteiger partial charge in [-0.25, -0.2) is 9.59 Å². The number of hydrogen-bond donors (Lipinski definition) is 1. The van der Waals surface area contributed by atoms with Crippen LogP contribution in [-0.2, 0) is 9.47 Å². The van der Waals surface area contributed by atoms with Crippen LogP contribution < -0.4 is 0 Å². The number of fused-ring (bicyclic) bond motifs is 1. The second-order valence-electron chi connectivity index (χ2n) is 4.63. The highest BCUT2D eigenvalue weighted by atomic mass is 16.7. The third kappa shape index (κ3) is 2.85. The van der Waals surface area contributed by atoms with Crippen LogP contribution in [0.25, 0.3) is 11.1 Å². The van der Waals surface area contributed by atoms with Crippen molar-refractivity contribution in [1.82, 2.24) is 4.98 Å². The highest BCUT2D eigenvalue weighted by Gasteiger charge is 2.18. The van der Waals surface area contributed by atoms with E-state index in [-0.39, 0.29) is 5.69 Å². The van der Waals surface area contributed by atoms with Gasteiger partial charge in [0.25, 0.3) is 0 Å². The Hall–Kier alpha value is -3.02. The normalized spacial score (nSPS) is 12.0. The zero-order valence-corrected chi connectivity index (χ0v) is 11.7. The highest BCUT2D eigenvalue weighted by molar-refractivity contribution is 5.93. The Morgan fingerprint density at radius 3 is 2.55 bits per heavy atom. The zero-order chi connectivity index (χ0) is 15.5. The summed E-state index contributed by atoms with van der Waals surface area (Å²) >= 11 is 0. The third-order valence-corrected chi connectivity index (χ3v) is 3.02. The predicted octanol–water partition coefficient (Wildman–Crippen LogP) is 3.12. The summed E-state index contributed by atoms with van der Waals surface area (Å²) in [6.07, 6.45) is 0.510. The van der Waals surface area contributed by atoms with Crippen LogP contribution in [0.3, 0.4) is 0 Å². The van der Waals surface area contributed by atoms with Crippen molar-refractivity contribution in [3.05, 3.63) is 60.0 Å². The molecule has 0 fully saturated rings. The molecule has 3 rings (SSSR count). The number of carbonyl (C=O) groups excluding carboxylic acids is 2. The van der Waals surface area contributed by atoms with E-state index in [9.17, 15) is 9.59 Å². The molecule has 0 saturated carbocycles. The van der Waals surface area contributed by atoms with Gasteiger partial charge in [-0.3, -0.25) is 0 Å². The van der Waals surface area contributed by atoms with Gasteiger partial charge in [0, 0.05) is 19.1 Å². The fourth-order valence-corrected chi connectivity index (χ4v) is 1.99. The molecule has 0 aliphatic carbocycles. The van der Waals surface area contributed by atoms with E-state index < -0.39 is 18.2 Å². The molecular formula is C16H13NO5. The summed E-state index contributed by atoms with van der Waals surface area (Å²) in [5.74, 6) is -1.18. The van der Waals surface area contributed by atoms with E-state index in [4.69, 9.17) is 13.9 Å². The number of aromatic amines is 1. The van der Waals surface area contributed by atoms with Crippen molar-refractivity contribution in [3.8, 4) is 0 Å². The van der Waals surface area contributed by atoms with Crippen molar-refractivity contribution in [2.24, 2.45) is 0 Å². The first-order valence-electron chi connectivity index (χ1n) is 6.67. The number of hydrogen-bond acceptors (Lipinski definition) is 5. The maximum absolute atomic E-state index is 12.0. The molecule has 0 aliphatic heterocycles. The smallest absolute Gasteiger partial charge is 0.357 e. The maximum Gasteiger partial charge on any atom is 0.357 e. The standard InChI is InChI=1S/C16H13NO5/c1-10(21-15(18)11-5-3-2-4-6-11)22-16(19)13-9-14-12(17-13)7-8-20-14/h2-10,17H,1H3. The van der Waals surface area contributed by atoms with E-state index in [0.29, 0.717) is 16.7 Å². The van der Waals surface area contributed by atoms with E-state index in [1.165, 1.54) is 19.3 Å². The van der Waals surface area contributed by atoms with Gasteiger partial charge < -0.3 is 18.9 Å². The lowest BCUT2D eigenvalue weighted by molar-refractivity contribution is -0.0694. The monoisotopic (exact) mass is 299 g/mol. The number of rotatable bonds is 4. The van der Waals surface area contributed by atoms with Gasteiger partial charge in [0.15, 0.2) is 5.58 Å². The number of ether oxygens (including phenoxy) is 2. The van der Waals surface area contributed by atoms with Crippen molar-refractivity contribution in [2.45, 2.75) is 13.2 Å². The lowest BCUT2D eigenvalue weighted by Gasteiger charge is -2.13. The van der Waals surface area contributed by atoms with E-state index in [1.54, 1.807) is 36.4 Å². The number of nitrogens with one attached hydrogen (secondary N) is 1. The zero-order valence-electron chi connectivity index (χ0n) is 11.7. The average molecular weight is 299 g/mol. The molecule has 22 heavy (non-hydrogen) atoms. The summed E-state index contributed by atoms with van der Waals surface area (Å²) in [5, 5.41) is 0. The Bertz CT molecular complexity index is 774. The molecule has 6 nitrogen and oxygen atoms in total. The van der Waals surface area contributed by atoms with Gasteiger partial charge in [-0.2, -0.15) is 0 Å². The highest BCUT2D eigenvalue weighted by Crippen LogP contribution is 2.17. The van der Waals surface area contributed by atoms with Crippen LogP contribution in [-0.4, -0.2) is 23.2 Å². The molecule has 1 N–H and O–H groups in total. The minimum atomic E-state index is -1.00. The van der Waals surface area contributed by atoms with Crippen LogP contribution in [0, 0.1) is 0 Å². The number of esters is 2. The Kier molecular flexibility index (Phi) is 3.65. The molecule has 0 radical (unpaired) electrons. The molecule has 0 amide bonds. The van der Waals surface area contributed by atoms with Gasteiger partial charge in [-0.15, -0.1) is 0 Å². The first kappa shape index (κ1) is 13.9. The van der Waals surface area contributed by atoms with Crippen LogP contribution in [0.2, 0.25) is 0 Å². The Balaban J connectivity index is 1.61. The van der Waals surface area contributed by atoms with Gasteiger partial charge in [0.05, 0.1) is 17.3 Å². The predicted molar refractivity (Wildman–Crippen MR) is 77.3 cm³/mol. The van der Waals surface area contributed by atoms with E-state index in [2.05, 4.69) is 4.98 Å². The fraction of sp³-hybridized carbons (Fsp3) is 0.125. The third-order valence-electron chi connectivity index (χ3n) is 3.02. The van der Waals surface area contributed by atoms with Crippen molar-refractivity contribution >= 4 is 23.0 Å². The number of benzene rings is 1. The van der Waals surface area contributed by atoms with Crippen LogP contribution in [0.5, 0.6) is 0 Å². The topological polar surface area (TPSA) is 81.5 Å². The van der Waals surface area contributed by atoms with Gasteiger partial charge in [0.1, 0.15) is 5.69 Å². The van der Waals surface area contributed by atoms with Crippen molar-refractivity contribution < 1.29 is 23.5 Å². The van der Waals surface area contributed by atoms with Crippen molar-refractivity contribution in [1.29, 1.82) is 0 Å². The molecular weight excluding hydrogens is 286 g/mol. The lowest BCUT2D eigenvalue weighted by Crippen LogP contribution is -2.22. The first-order valence-corrected chi connectivity index (χ1v) is 6.67. The summed E-state index contributed by atoms with van der Waals surface area (Å²) in [6, 6.07) is 11.7. The van der Waals surface area contributed by atoms with E-state index >= 15 is 0 Å². The minimum Gasteiger partial charge on any atom is -0.463 e. The number of carbonyl (C=O) groups is 2. The van der Waals surface area contributed by atoms with Gasteiger partial charge >= 0.3 is 11.9 Å². The Morgan fingerprint density at radius 1 is 1.09 bits per heavy atom. The molecule has 112 valence electrons. The molecule has 2 heterocycles. The second-order valence-corrected chi connectivity index (χ2v) is 4.63. The van der Waals surface area contributed by atoms with Gasteiger partial charge in [0.2, 0.25) is 6.29 Å². The second kappa shape index (κ2) is 5.77. The van der Waals surface area contributed by atoms with Crippen LogP contribution in [0.15, 0.2) is 53.1 Å². The molecule has 1 unspecified atom stereocenters. The summed E-state index contributed by atoms with van der Waals surface area (Å²) in [5.41, 5.74) is 1.88. The summed E-state index contributed by atoms with van der Waals surface area (Å²) in [7, 11) is 0. The summed E-state index contributed by atoms with van der Waals surface area (Å²) < 4.78 is 15.3. The lowest BCUT2D eigenvalue weighted by atomic mass is 10.2. The number of aromatic nitrogens is 1. The number of H-pyrrole nitrogens is 1.